The Bertz CT molecular complexity index is 361. The van der Waals surface area contributed by atoms with E-state index < -0.39 is 0 Å². The number of halogens is 1. The SMILES string of the molecule is Br.CNCCC1(c2cccc(OC)c2)CCCC1. The third-order valence-electron chi connectivity index (χ3n) is 4.10. The minimum Gasteiger partial charge on any atom is -0.497 e. The van der Waals surface area contributed by atoms with Crippen LogP contribution in [-0.2, 0) is 5.41 Å². The molecule has 1 saturated carbocycles. The van der Waals surface area contributed by atoms with E-state index >= 15 is 0 Å². The zero-order valence-electron chi connectivity index (χ0n) is 11.4. The molecule has 2 nitrogen and oxygen atoms in total. The first-order chi connectivity index (χ1) is 8.30. The van der Waals surface area contributed by atoms with E-state index in [-0.39, 0.29) is 17.0 Å². The molecular weight excluding hydrogens is 290 g/mol. The average molecular weight is 314 g/mol. The first kappa shape index (κ1) is 15.5. The molecule has 102 valence electrons. The fraction of sp³-hybridized carbons (Fsp3) is 0.600. The summed E-state index contributed by atoms with van der Waals surface area (Å²) >= 11 is 0. The maximum absolute atomic E-state index is 5.35. The van der Waals surface area contributed by atoms with E-state index in [9.17, 15) is 0 Å². The molecule has 0 spiro atoms. The van der Waals surface area contributed by atoms with Crippen molar-refractivity contribution in [2.45, 2.75) is 37.5 Å². The quantitative estimate of drug-likeness (QED) is 0.895. The number of hydrogen-bond acceptors (Lipinski definition) is 2. The third-order valence-corrected chi connectivity index (χ3v) is 4.10. The van der Waals surface area contributed by atoms with Gasteiger partial charge in [-0.3, -0.25) is 0 Å². The molecule has 1 N–H and O–H groups in total. The Balaban J connectivity index is 0.00000162. The van der Waals surface area contributed by atoms with Crippen molar-refractivity contribution in [2.75, 3.05) is 20.7 Å². The van der Waals surface area contributed by atoms with E-state index in [0.717, 1.165) is 12.3 Å². The van der Waals surface area contributed by atoms with Crippen molar-refractivity contribution in [2.24, 2.45) is 0 Å². The van der Waals surface area contributed by atoms with Crippen LogP contribution >= 0.6 is 17.0 Å². The standard InChI is InChI=1S/C15H23NO.BrH/c1-16-11-10-15(8-3-4-9-15)13-6-5-7-14(12-13)17-2;/h5-7,12,16H,3-4,8-11H2,1-2H3;1H. The molecule has 0 bridgehead atoms. The lowest BCUT2D eigenvalue weighted by atomic mass is 9.76. The summed E-state index contributed by atoms with van der Waals surface area (Å²) < 4.78 is 5.35. The monoisotopic (exact) mass is 313 g/mol. The van der Waals surface area contributed by atoms with Crippen LogP contribution in [0.15, 0.2) is 24.3 Å². The smallest absolute Gasteiger partial charge is 0.119 e. The minimum absolute atomic E-state index is 0. The van der Waals surface area contributed by atoms with Gasteiger partial charge in [-0.05, 0) is 56.0 Å². The van der Waals surface area contributed by atoms with Gasteiger partial charge in [0.1, 0.15) is 5.75 Å². The summed E-state index contributed by atoms with van der Waals surface area (Å²) in [4.78, 5) is 0. The van der Waals surface area contributed by atoms with Crippen molar-refractivity contribution in [3.63, 3.8) is 0 Å². The van der Waals surface area contributed by atoms with Crippen LogP contribution in [0, 0.1) is 0 Å². The number of ether oxygens (including phenoxy) is 1. The molecule has 0 aliphatic heterocycles. The van der Waals surface area contributed by atoms with Crippen molar-refractivity contribution in [3.8, 4) is 5.75 Å². The molecule has 1 aromatic rings. The Labute approximate surface area is 121 Å². The Morgan fingerprint density at radius 1 is 1.28 bits per heavy atom. The lowest BCUT2D eigenvalue weighted by Crippen LogP contribution is -2.27. The summed E-state index contributed by atoms with van der Waals surface area (Å²) in [5.74, 6) is 0.984. The summed E-state index contributed by atoms with van der Waals surface area (Å²) in [5, 5.41) is 3.29. The lowest BCUT2D eigenvalue weighted by molar-refractivity contribution is 0.389. The van der Waals surface area contributed by atoms with Crippen LogP contribution < -0.4 is 10.1 Å². The van der Waals surface area contributed by atoms with Crippen molar-refractivity contribution >= 4 is 17.0 Å². The molecule has 2 rings (SSSR count). The number of rotatable bonds is 5. The molecule has 0 atom stereocenters. The molecule has 0 amide bonds. The van der Waals surface area contributed by atoms with Gasteiger partial charge in [0.15, 0.2) is 0 Å². The van der Waals surface area contributed by atoms with Crippen LogP contribution in [-0.4, -0.2) is 20.7 Å². The van der Waals surface area contributed by atoms with Crippen molar-refractivity contribution in [1.82, 2.24) is 5.32 Å². The normalized spacial score (nSPS) is 17.2. The fourth-order valence-electron chi connectivity index (χ4n) is 3.05. The van der Waals surface area contributed by atoms with Crippen LogP contribution in [0.4, 0.5) is 0 Å². The Hall–Kier alpha value is -0.540. The minimum atomic E-state index is 0. The topological polar surface area (TPSA) is 21.3 Å². The highest BCUT2D eigenvalue weighted by Gasteiger charge is 2.34. The largest absolute Gasteiger partial charge is 0.497 e. The summed E-state index contributed by atoms with van der Waals surface area (Å²) in [6.07, 6.45) is 6.60. The number of methoxy groups -OCH3 is 1. The van der Waals surface area contributed by atoms with Gasteiger partial charge in [-0.15, -0.1) is 17.0 Å². The molecule has 1 fully saturated rings. The maximum Gasteiger partial charge on any atom is 0.119 e. The van der Waals surface area contributed by atoms with Gasteiger partial charge in [0.25, 0.3) is 0 Å². The molecule has 0 radical (unpaired) electrons. The van der Waals surface area contributed by atoms with E-state index in [0.29, 0.717) is 5.41 Å². The van der Waals surface area contributed by atoms with E-state index in [1.807, 2.05) is 13.1 Å². The average Bonchev–Trinajstić information content (AvgIpc) is 2.86. The highest BCUT2D eigenvalue weighted by atomic mass is 79.9. The van der Waals surface area contributed by atoms with E-state index in [1.165, 1.54) is 37.7 Å². The van der Waals surface area contributed by atoms with Gasteiger partial charge < -0.3 is 10.1 Å². The van der Waals surface area contributed by atoms with E-state index in [2.05, 4.69) is 23.5 Å². The molecule has 0 aromatic heterocycles. The van der Waals surface area contributed by atoms with Crippen molar-refractivity contribution < 1.29 is 4.74 Å². The number of hydrogen-bond donors (Lipinski definition) is 1. The highest BCUT2D eigenvalue weighted by Crippen LogP contribution is 2.44. The first-order valence-electron chi connectivity index (χ1n) is 6.60. The van der Waals surface area contributed by atoms with Gasteiger partial charge in [-0.25, -0.2) is 0 Å². The second-order valence-electron chi connectivity index (χ2n) is 5.07. The van der Waals surface area contributed by atoms with E-state index in [1.54, 1.807) is 7.11 Å². The zero-order chi connectivity index (χ0) is 12.1. The summed E-state index contributed by atoms with van der Waals surface area (Å²) in [6, 6.07) is 8.64. The number of nitrogens with one attached hydrogen (secondary N) is 1. The lowest BCUT2D eigenvalue weighted by Gasteiger charge is -2.30. The summed E-state index contributed by atoms with van der Waals surface area (Å²) in [5.41, 5.74) is 1.85. The molecule has 1 aliphatic carbocycles. The van der Waals surface area contributed by atoms with Gasteiger partial charge >= 0.3 is 0 Å². The second kappa shape index (κ2) is 7.15. The Morgan fingerprint density at radius 2 is 2.00 bits per heavy atom. The van der Waals surface area contributed by atoms with Crippen LogP contribution in [0.5, 0.6) is 5.75 Å². The number of benzene rings is 1. The molecular formula is C15H24BrNO. The van der Waals surface area contributed by atoms with Crippen LogP contribution in [0.2, 0.25) is 0 Å². The van der Waals surface area contributed by atoms with Crippen LogP contribution in [0.1, 0.15) is 37.7 Å². The molecule has 1 aromatic carbocycles. The molecule has 3 heteroatoms. The van der Waals surface area contributed by atoms with Gasteiger partial charge in [0.05, 0.1) is 7.11 Å². The zero-order valence-corrected chi connectivity index (χ0v) is 13.1. The van der Waals surface area contributed by atoms with Crippen molar-refractivity contribution in [3.05, 3.63) is 29.8 Å². The summed E-state index contributed by atoms with van der Waals surface area (Å²) in [6.45, 7) is 1.09. The fourth-order valence-corrected chi connectivity index (χ4v) is 3.05. The predicted octanol–water partition coefficient (Wildman–Crippen LogP) is 3.69. The Morgan fingerprint density at radius 3 is 2.61 bits per heavy atom. The van der Waals surface area contributed by atoms with Gasteiger partial charge in [0.2, 0.25) is 0 Å². The van der Waals surface area contributed by atoms with Crippen molar-refractivity contribution in [1.29, 1.82) is 0 Å². The second-order valence-corrected chi connectivity index (χ2v) is 5.07. The van der Waals surface area contributed by atoms with Gasteiger partial charge in [-0.2, -0.15) is 0 Å². The van der Waals surface area contributed by atoms with E-state index in [4.69, 9.17) is 4.74 Å². The summed E-state index contributed by atoms with van der Waals surface area (Å²) in [7, 11) is 3.78. The highest BCUT2D eigenvalue weighted by molar-refractivity contribution is 8.93. The van der Waals surface area contributed by atoms with Gasteiger partial charge in [-0.1, -0.05) is 25.0 Å². The molecule has 0 heterocycles. The molecule has 1 aliphatic rings. The maximum atomic E-state index is 5.35. The molecule has 18 heavy (non-hydrogen) atoms. The van der Waals surface area contributed by atoms with Gasteiger partial charge in [0, 0.05) is 0 Å². The Kier molecular flexibility index (Phi) is 6.16. The van der Waals surface area contributed by atoms with Crippen LogP contribution in [0.3, 0.4) is 0 Å². The van der Waals surface area contributed by atoms with Crippen LogP contribution in [0.25, 0.3) is 0 Å². The predicted molar refractivity (Wildman–Crippen MR) is 82.0 cm³/mol. The third kappa shape index (κ3) is 3.27. The molecule has 0 unspecified atom stereocenters. The molecule has 0 saturated heterocycles. The first-order valence-corrected chi connectivity index (χ1v) is 6.60.